The van der Waals surface area contributed by atoms with Crippen LogP contribution in [0.3, 0.4) is 0 Å². The normalized spacial score (nSPS) is 12.0. The lowest BCUT2D eigenvalue weighted by atomic mass is 10.0. The zero-order valence-corrected chi connectivity index (χ0v) is 25.1. The number of thiophene rings is 1. The van der Waals surface area contributed by atoms with Crippen LogP contribution in [0, 0.1) is 0 Å². The van der Waals surface area contributed by atoms with Crippen LogP contribution in [0.1, 0.15) is 0 Å². The van der Waals surface area contributed by atoms with Gasteiger partial charge in [0.05, 0.1) is 22.1 Å². The van der Waals surface area contributed by atoms with Crippen molar-refractivity contribution in [2.24, 2.45) is 0 Å². The fraction of sp³-hybridized carbons (Fsp3) is 0. The minimum atomic E-state index is 1.17. The minimum Gasteiger partial charge on any atom is -0.307 e. The highest BCUT2D eigenvalue weighted by Crippen LogP contribution is 2.43. The summed E-state index contributed by atoms with van der Waals surface area (Å²) in [4.78, 5) is 0. The summed E-state index contributed by atoms with van der Waals surface area (Å²) in [7, 11) is 0. The maximum absolute atomic E-state index is 2.49. The van der Waals surface area contributed by atoms with Crippen LogP contribution in [0.4, 0.5) is 0 Å². The van der Waals surface area contributed by atoms with E-state index in [1.165, 1.54) is 86.3 Å². The monoisotopic (exact) mass is 590 g/mol. The van der Waals surface area contributed by atoms with Crippen molar-refractivity contribution in [3.05, 3.63) is 158 Å². The van der Waals surface area contributed by atoms with Gasteiger partial charge in [-0.1, -0.05) is 109 Å². The molecule has 10 rings (SSSR count). The Labute approximate surface area is 263 Å². The van der Waals surface area contributed by atoms with Gasteiger partial charge in [0.25, 0.3) is 0 Å². The lowest BCUT2D eigenvalue weighted by Crippen LogP contribution is -1.98. The molecule has 10 aromatic rings. The molecule has 0 aliphatic rings. The number of hydrogen-bond acceptors (Lipinski definition) is 1. The Kier molecular flexibility index (Phi) is 5.19. The van der Waals surface area contributed by atoms with E-state index in [1.54, 1.807) is 0 Å². The van der Waals surface area contributed by atoms with Gasteiger partial charge in [-0.25, -0.2) is 0 Å². The molecular formula is C42H26N2S. The maximum atomic E-state index is 2.49. The summed E-state index contributed by atoms with van der Waals surface area (Å²) >= 11 is 1.88. The fourth-order valence-electron chi connectivity index (χ4n) is 7.33. The highest BCUT2D eigenvalue weighted by molar-refractivity contribution is 7.25. The highest BCUT2D eigenvalue weighted by atomic mass is 32.1. The number of aromatic nitrogens is 2. The van der Waals surface area contributed by atoms with Gasteiger partial charge >= 0.3 is 0 Å². The first-order valence-corrected chi connectivity index (χ1v) is 16.2. The number of nitrogens with zero attached hydrogens (tertiary/aromatic N) is 2. The molecule has 7 aromatic carbocycles. The summed E-state index contributed by atoms with van der Waals surface area (Å²) in [6.07, 6.45) is 0. The Morgan fingerprint density at radius 2 is 0.911 bits per heavy atom. The van der Waals surface area contributed by atoms with Gasteiger partial charge in [-0.05, 0) is 59.7 Å². The van der Waals surface area contributed by atoms with Crippen molar-refractivity contribution < 1.29 is 0 Å². The molecule has 0 spiro atoms. The van der Waals surface area contributed by atoms with Crippen LogP contribution >= 0.6 is 11.3 Å². The van der Waals surface area contributed by atoms with Crippen LogP contribution in [0.2, 0.25) is 0 Å². The van der Waals surface area contributed by atoms with Crippen LogP contribution in [0.25, 0.3) is 86.3 Å². The third-order valence-corrected chi connectivity index (χ3v) is 10.4. The molecule has 3 heterocycles. The second-order valence-electron chi connectivity index (χ2n) is 11.8. The molecule has 0 aliphatic carbocycles. The molecule has 0 atom stereocenters. The molecule has 0 fully saturated rings. The van der Waals surface area contributed by atoms with Gasteiger partial charge in [-0.3, -0.25) is 0 Å². The molecule has 0 saturated heterocycles. The van der Waals surface area contributed by atoms with Gasteiger partial charge in [0.15, 0.2) is 0 Å². The van der Waals surface area contributed by atoms with E-state index in [1.807, 2.05) is 11.3 Å². The van der Waals surface area contributed by atoms with Crippen LogP contribution in [-0.4, -0.2) is 9.13 Å². The van der Waals surface area contributed by atoms with Crippen molar-refractivity contribution in [3.8, 4) is 22.5 Å². The van der Waals surface area contributed by atoms with E-state index in [0.717, 1.165) is 0 Å². The Morgan fingerprint density at radius 3 is 1.60 bits per heavy atom. The molecule has 0 bridgehead atoms. The largest absolute Gasteiger partial charge is 0.307 e. The third kappa shape index (κ3) is 3.56. The second-order valence-corrected chi connectivity index (χ2v) is 12.8. The van der Waals surface area contributed by atoms with Crippen molar-refractivity contribution in [2.45, 2.75) is 0 Å². The van der Waals surface area contributed by atoms with E-state index in [4.69, 9.17) is 0 Å². The Morgan fingerprint density at radius 1 is 0.333 bits per heavy atom. The molecule has 0 unspecified atom stereocenters. The quantitative estimate of drug-likeness (QED) is 0.194. The maximum Gasteiger partial charge on any atom is 0.0788 e. The summed E-state index contributed by atoms with van der Waals surface area (Å²) in [6, 6.07) is 57.6. The Hall–Kier alpha value is -5.64. The molecule has 210 valence electrons. The van der Waals surface area contributed by atoms with Crippen LogP contribution in [-0.2, 0) is 0 Å². The summed E-state index contributed by atoms with van der Waals surface area (Å²) in [5.41, 5.74) is 9.76. The lowest BCUT2D eigenvalue weighted by molar-refractivity contribution is 1.15. The Balaban J connectivity index is 1.31. The zero-order valence-electron chi connectivity index (χ0n) is 24.3. The van der Waals surface area contributed by atoms with Crippen LogP contribution in [0.15, 0.2) is 158 Å². The molecule has 3 aromatic heterocycles. The van der Waals surface area contributed by atoms with E-state index in [0.29, 0.717) is 0 Å². The summed E-state index contributed by atoms with van der Waals surface area (Å²) in [5.74, 6) is 0. The van der Waals surface area contributed by atoms with Gasteiger partial charge in [-0.2, -0.15) is 0 Å². The number of fused-ring (bicyclic) bond motifs is 10. The first-order valence-electron chi connectivity index (χ1n) is 15.4. The molecule has 2 nitrogen and oxygen atoms in total. The predicted molar refractivity (Wildman–Crippen MR) is 193 cm³/mol. The summed E-state index contributed by atoms with van der Waals surface area (Å²) in [6.45, 7) is 0. The zero-order chi connectivity index (χ0) is 29.5. The Bertz CT molecular complexity index is 2740. The highest BCUT2D eigenvalue weighted by Gasteiger charge is 2.21. The molecule has 0 N–H and O–H groups in total. The number of benzene rings is 7. The number of para-hydroxylation sites is 3. The van der Waals surface area contributed by atoms with Gasteiger partial charge < -0.3 is 9.13 Å². The van der Waals surface area contributed by atoms with E-state index < -0.39 is 0 Å². The lowest BCUT2D eigenvalue weighted by Gasteiger charge is -2.12. The topological polar surface area (TPSA) is 9.86 Å². The summed E-state index contributed by atoms with van der Waals surface area (Å²) < 4.78 is 7.57. The third-order valence-electron chi connectivity index (χ3n) is 9.30. The molecular weight excluding hydrogens is 565 g/mol. The van der Waals surface area contributed by atoms with Gasteiger partial charge in [0, 0.05) is 53.1 Å². The fourth-order valence-corrected chi connectivity index (χ4v) is 8.45. The van der Waals surface area contributed by atoms with Crippen molar-refractivity contribution >= 4 is 75.1 Å². The molecule has 45 heavy (non-hydrogen) atoms. The standard InChI is InChI=1S/C42H26N2S/c1-3-11-27(12-4-1)28-19-21-33-36-26-30(20-24-39(36)45-40(33)25-28)44-38-18-10-8-16-32(38)35-23-22-34-31-15-7-9-17-37(31)43(41(34)42(35)44)29-13-5-2-6-14-29/h1-26H. The second kappa shape index (κ2) is 9.43. The van der Waals surface area contributed by atoms with Gasteiger partial charge in [0.1, 0.15) is 0 Å². The summed E-state index contributed by atoms with van der Waals surface area (Å²) in [5, 5.41) is 7.67. The van der Waals surface area contributed by atoms with Crippen molar-refractivity contribution in [2.75, 3.05) is 0 Å². The average molecular weight is 591 g/mol. The molecule has 0 radical (unpaired) electrons. The van der Waals surface area contributed by atoms with Crippen LogP contribution < -0.4 is 0 Å². The minimum absolute atomic E-state index is 1.17. The molecule has 0 amide bonds. The molecule has 0 saturated carbocycles. The SMILES string of the molecule is c1ccc(-c2ccc3c(c2)sc2ccc(-n4c5ccccc5c5ccc6c7ccccc7n(-c7ccccc7)c6c54)cc23)cc1. The van der Waals surface area contributed by atoms with E-state index in [-0.39, 0.29) is 0 Å². The molecule has 0 aliphatic heterocycles. The smallest absolute Gasteiger partial charge is 0.0788 e. The van der Waals surface area contributed by atoms with Gasteiger partial charge in [0.2, 0.25) is 0 Å². The van der Waals surface area contributed by atoms with Crippen molar-refractivity contribution in [1.82, 2.24) is 9.13 Å². The van der Waals surface area contributed by atoms with E-state index in [9.17, 15) is 0 Å². The molecule has 3 heteroatoms. The van der Waals surface area contributed by atoms with E-state index in [2.05, 4.69) is 167 Å². The van der Waals surface area contributed by atoms with Gasteiger partial charge in [-0.15, -0.1) is 11.3 Å². The van der Waals surface area contributed by atoms with E-state index >= 15 is 0 Å². The van der Waals surface area contributed by atoms with Crippen molar-refractivity contribution in [3.63, 3.8) is 0 Å². The predicted octanol–water partition coefficient (Wildman–Crippen LogP) is 11.9. The van der Waals surface area contributed by atoms with Crippen molar-refractivity contribution in [1.29, 1.82) is 0 Å². The first-order chi connectivity index (χ1) is 22.3. The van der Waals surface area contributed by atoms with Crippen LogP contribution in [0.5, 0.6) is 0 Å². The number of rotatable bonds is 3. The number of hydrogen-bond donors (Lipinski definition) is 0. The first kappa shape index (κ1) is 24.8. The average Bonchev–Trinajstić information content (AvgIpc) is 3.76.